The van der Waals surface area contributed by atoms with Gasteiger partial charge in [0, 0.05) is 622 Å². The third kappa shape index (κ3) is 128. The Balaban J connectivity index is 0. The van der Waals surface area contributed by atoms with Crippen molar-refractivity contribution >= 4 is 0 Å². The molecule has 20 heavy (non-hydrogen) atoms. The van der Waals surface area contributed by atoms with Gasteiger partial charge < -0.3 is 0 Å². The van der Waals surface area contributed by atoms with Crippen LogP contribution in [0.3, 0.4) is 0 Å². The molecule has 0 radical (unpaired) electrons. The molecule has 0 atom stereocenters. The van der Waals surface area contributed by atoms with Crippen molar-refractivity contribution in [3.8, 4) is 0 Å². The maximum Gasteiger partial charge on any atom is 0 e. The monoisotopic (exact) mass is 4760 g/mol. The first-order chi connectivity index (χ1) is 0. The van der Waals surface area contributed by atoms with Crippen molar-refractivity contribution in [2.75, 3.05) is 0 Å². The first-order valence-electron chi connectivity index (χ1n) is 0. The molecule has 0 aliphatic carbocycles. The number of rotatable bonds is 0. The maximum absolute atomic E-state index is 0. The van der Waals surface area contributed by atoms with Crippen LogP contribution in [0.4, 0.5) is 0 Å². The van der Waals surface area contributed by atoms with E-state index in [1.165, 1.54) is 0 Å². The summed E-state index contributed by atoms with van der Waals surface area (Å²) in [6, 6.07) is 0. The van der Waals surface area contributed by atoms with Crippen molar-refractivity contribution < 1.29 is 622 Å². The molecule has 0 spiro atoms. The van der Waals surface area contributed by atoms with Gasteiger partial charge in [0.2, 0.25) is 0 Å². The first kappa shape index (κ1) is 149. The van der Waals surface area contributed by atoms with Crippen molar-refractivity contribution in [3.05, 3.63) is 0 Å². The average Bonchev–Trinajstić information content (AvgIpc) is 0. The standard InChI is InChI=1S/20U. The van der Waals surface area contributed by atoms with E-state index in [1.54, 1.807) is 0 Å². The van der Waals surface area contributed by atoms with Gasteiger partial charge in [0.15, 0.2) is 0 Å². The van der Waals surface area contributed by atoms with Crippen molar-refractivity contribution in [3.63, 3.8) is 0 Å². The summed E-state index contributed by atoms with van der Waals surface area (Å²) >= 11 is 0. The Morgan fingerprint density at radius 3 is 0.0500 bits per heavy atom. The second-order valence-electron chi connectivity index (χ2n) is 0. The molecule has 0 bridgehead atoms. The summed E-state index contributed by atoms with van der Waals surface area (Å²) in [7, 11) is 0. The summed E-state index contributed by atoms with van der Waals surface area (Å²) in [6.45, 7) is 0. The molecule has 0 rings (SSSR count). The number of hydrogen-bond donors (Lipinski definition) is 0. The summed E-state index contributed by atoms with van der Waals surface area (Å²) in [6.07, 6.45) is 0. The molecule has 0 amide bonds. The van der Waals surface area contributed by atoms with E-state index in [-0.39, 0.29) is 622 Å². The fourth-order valence-electron chi connectivity index (χ4n) is 0. The molecule has 0 aromatic rings. The van der Waals surface area contributed by atoms with Crippen LogP contribution in [0.25, 0.3) is 0 Å². The second kappa shape index (κ2) is 138. The Kier molecular flexibility index (Phi) is 1020. The maximum atomic E-state index is 0. The van der Waals surface area contributed by atoms with E-state index in [4.69, 9.17) is 0 Å². The van der Waals surface area contributed by atoms with Gasteiger partial charge in [-0.3, -0.25) is 0 Å². The summed E-state index contributed by atoms with van der Waals surface area (Å²) in [5.74, 6) is 0. The molecule has 0 nitrogen and oxygen atoms in total. The van der Waals surface area contributed by atoms with Gasteiger partial charge in [-0.25, -0.2) is 0 Å². The van der Waals surface area contributed by atoms with Crippen molar-refractivity contribution in [1.82, 2.24) is 0 Å². The van der Waals surface area contributed by atoms with Crippen molar-refractivity contribution in [2.45, 2.75) is 0 Å². The quantitative estimate of drug-likeness (QED) is 0.321. The Morgan fingerprint density at radius 2 is 0.0500 bits per heavy atom. The zero-order chi connectivity index (χ0) is 0. The molecule has 0 heterocycles. The molecule has 0 unspecified atom stereocenters. The van der Waals surface area contributed by atoms with Crippen LogP contribution in [-0.4, -0.2) is 0 Å². The van der Waals surface area contributed by atoms with E-state index in [2.05, 4.69) is 0 Å². The van der Waals surface area contributed by atoms with Crippen LogP contribution < -0.4 is 0 Å². The van der Waals surface area contributed by atoms with E-state index in [0.29, 0.717) is 0 Å². The van der Waals surface area contributed by atoms with E-state index in [1.807, 2.05) is 0 Å². The summed E-state index contributed by atoms with van der Waals surface area (Å²) in [5, 5.41) is 0. The fourth-order valence-corrected chi connectivity index (χ4v) is 0. The van der Waals surface area contributed by atoms with Gasteiger partial charge in [-0.15, -0.1) is 0 Å². The van der Waals surface area contributed by atoms with E-state index < -0.39 is 0 Å². The molecule has 80 valence electrons. The van der Waals surface area contributed by atoms with E-state index >= 15 is 0 Å². The number of hydrogen-bond acceptors (Lipinski definition) is 0. The van der Waals surface area contributed by atoms with Gasteiger partial charge in [-0.1, -0.05) is 0 Å². The normalized spacial score (nSPS) is 0. The Morgan fingerprint density at radius 1 is 0.0500 bits per heavy atom. The molecule has 20 heteroatoms. The molecule has 0 saturated carbocycles. The van der Waals surface area contributed by atoms with Crippen LogP contribution >= 0.6 is 0 Å². The minimum atomic E-state index is 0. The van der Waals surface area contributed by atoms with Crippen LogP contribution in [0.5, 0.6) is 0 Å². The predicted octanol–water partition coefficient (Wildman–Crippen LogP) is 0. The minimum absolute atomic E-state index is 0. The molecule has 0 N–H and O–H groups in total. The fraction of sp³-hybridized carbons (Fsp3) is 0. The molecule has 0 aliphatic heterocycles. The Bertz CT molecular complexity index is 0. The smallest absolute Gasteiger partial charge is 0 e. The van der Waals surface area contributed by atoms with Crippen LogP contribution in [0.1, 0.15) is 0 Å². The Labute approximate surface area is 599 Å². The first-order valence-corrected chi connectivity index (χ1v) is 0. The molecule has 0 aromatic heterocycles. The van der Waals surface area contributed by atoms with Crippen LogP contribution in [0, 0.1) is 622 Å². The topological polar surface area (TPSA) is 0 Å². The van der Waals surface area contributed by atoms with Gasteiger partial charge in [0.05, 0.1) is 0 Å². The van der Waals surface area contributed by atoms with Crippen LogP contribution in [-0.2, 0) is 0 Å². The zero-order valence-electron chi connectivity index (χ0n) is 10.0. The van der Waals surface area contributed by atoms with Crippen molar-refractivity contribution in [2.24, 2.45) is 0 Å². The molecular formula is U20. The largest absolute Gasteiger partial charge is 0 e. The summed E-state index contributed by atoms with van der Waals surface area (Å²) in [5.41, 5.74) is 0. The summed E-state index contributed by atoms with van der Waals surface area (Å²) in [4.78, 5) is 0. The SMILES string of the molecule is [U].[U].[U].[U].[U].[U].[U].[U].[U].[U].[U].[U].[U].[U].[U].[U].[U].[U].[U].[U]. The van der Waals surface area contributed by atoms with Gasteiger partial charge in [0.1, 0.15) is 0 Å². The average molecular weight is 4760 g/mol. The predicted molar refractivity (Wildman–Crippen MR) is 0 cm³/mol. The van der Waals surface area contributed by atoms with E-state index in [0.717, 1.165) is 0 Å². The van der Waals surface area contributed by atoms with Crippen LogP contribution in [0.15, 0.2) is 0 Å². The molecule has 0 saturated heterocycles. The molecule has 0 aromatic carbocycles. The van der Waals surface area contributed by atoms with Gasteiger partial charge in [-0.05, 0) is 0 Å². The van der Waals surface area contributed by atoms with E-state index in [9.17, 15) is 0 Å². The van der Waals surface area contributed by atoms with Gasteiger partial charge in [0.25, 0.3) is 0 Å². The molecular weight excluding hydrogens is 4760 g/mol. The van der Waals surface area contributed by atoms with Gasteiger partial charge in [-0.2, -0.15) is 0 Å². The Hall–Kier alpha value is 21.0. The van der Waals surface area contributed by atoms with Gasteiger partial charge >= 0.3 is 0 Å². The third-order valence-electron chi connectivity index (χ3n) is 0. The second-order valence-corrected chi connectivity index (χ2v) is 0. The molecule has 0 fully saturated rings. The zero-order valence-corrected chi connectivity index (χ0v) is 93.3. The summed E-state index contributed by atoms with van der Waals surface area (Å²) < 4.78 is 0. The van der Waals surface area contributed by atoms with Crippen LogP contribution in [0.2, 0.25) is 0 Å². The minimum Gasteiger partial charge on any atom is 0 e. The third-order valence-corrected chi connectivity index (χ3v) is 0. The molecule has 0 aliphatic rings. The van der Waals surface area contributed by atoms with Crippen molar-refractivity contribution in [1.29, 1.82) is 0 Å².